The predicted molar refractivity (Wildman–Crippen MR) is 108 cm³/mol. The zero-order valence-electron chi connectivity index (χ0n) is 12.7. The number of thiol groups is 2. The summed E-state index contributed by atoms with van der Waals surface area (Å²) < 4.78 is 0. The Labute approximate surface area is 154 Å². The lowest BCUT2D eigenvalue weighted by Gasteiger charge is -1.92. The molecule has 24 heavy (non-hydrogen) atoms. The van der Waals surface area contributed by atoms with Crippen LogP contribution < -0.4 is 0 Å². The van der Waals surface area contributed by atoms with Crippen molar-refractivity contribution in [3.8, 4) is 46.0 Å². The van der Waals surface area contributed by atoms with Gasteiger partial charge in [0.05, 0.1) is 5.57 Å². The monoisotopic (exact) mass is 340 g/mol. The third-order valence-electron chi connectivity index (χ3n) is 2.89. The smallest absolute Gasteiger partial charge is 0.0679 e. The van der Waals surface area contributed by atoms with Gasteiger partial charge in [0.2, 0.25) is 0 Å². The summed E-state index contributed by atoms with van der Waals surface area (Å²) in [7, 11) is 0. The second kappa shape index (κ2) is 9.30. The minimum Gasteiger partial charge on any atom is -0.0918 e. The Morgan fingerprint density at radius 2 is 0.875 bits per heavy atom. The summed E-state index contributed by atoms with van der Waals surface area (Å²) in [6, 6.07) is 15.2. The average molecular weight is 340 g/mol. The van der Waals surface area contributed by atoms with Crippen LogP contribution in [0.25, 0.3) is 0 Å². The molecule has 0 spiro atoms. The van der Waals surface area contributed by atoms with Crippen molar-refractivity contribution in [2.75, 3.05) is 0 Å². The van der Waals surface area contributed by atoms with Gasteiger partial charge in [0.1, 0.15) is 0 Å². The molecule has 0 aromatic heterocycles. The maximum atomic E-state index is 3.87. The highest BCUT2D eigenvalue weighted by atomic mass is 32.1. The molecular formula is C22H12S2. The molecular weight excluding hydrogens is 328 g/mol. The third-order valence-corrected chi connectivity index (χ3v) is 3.11. The first-order valence-electron chi connectivity index (χ1n) is 6.94. The van der Waals surface area contributed by atoms with Crippen molar-refractivity contribution in [2.24, 2.45) is 0 Å². The van der Waals surface area contributed by atoms with Gasteiger partial charge in [-0.1, -0.05) is 67.4 Å². The van der Waals surface area contributed by atoms with Crippen LogP contribution in [0, 0.1) is 46.0 Å². The van der Waals surface area contributed by atoms with Crippen molar-refractivity contribution in [1.29, 1.82) is 0 Å². The van der Waals surface area contributed by atoms with E-state index in [9.17, 15) is 0 Å². The zero-order valence-corrected chi connectivity index (χ0v) is 14.5. The summed E-state index contributed by atoms with van der Waals surface area (Å²) >= 11 is 7.74. The topological polar surface area (TPSA) is 0 Å². The molecule has 112 valence electrons. The van der Waals surface area contributed by atoms with Crippen molar-refractivity contribution in [2.45, 2.75) is 0 Å². The van der Waals surface area contributed by atoms with E-state index in [1.807, 2.05) is 48.5 Å². The molecule has 0 aliphatic rings. The molecule has 0 radical (unpaired) electrons. The average Bonchev–Trinajstić information content (AvgIpc) is 2.61. The molecule has 0 fully saturated rings. The van der Waals surface area contributed by atoms with Gasteiger partial charge in [-0.05, 0) is 59.0 Å². The predicted octanol–water partition coefficient (Wildman–Crippen LogP) is 4.12. The minimum absolute atomic E-state index is 0.563. The maximum Gasteiger partial charge on any atom is 0.0679 e. The Morgan fingerprint density at radius 1 is 0.583 bits per heavy atom. The van der Waals surface area contributed by atoms with Gasteiger partial charge in [-0.2, -0.15) is 0 Å². The van der Waals surface area contributed by atoms with Crippen LogP contribution in [0.3, 0.4) is 0 Å². The number of allylic oxidation sites excluding steroid dienone is 1. The summed E-state index contributed by atoms with van der Waals surface area (Å²) in [5, 5.41) is 5.12. The van der Waals surface area contributed by atoms with E-state index in [1.165, 1.54) is 0 Å². The lowest BCUT2D eigenvalue weighted by atomic mass is 10.1. The van der Waals surface area contributed by atoms with E-state index in [0.717, 1.165) is 22.3 Å². The highest BCUT2D eigenvalue weighted by Gasteiger charge is 1.90. The summed E-state index contributed by atoms with van der Waals surface area (Å²) in [5.41, 5.74) is 4.14. The Bertz CT molecular complexity index is 896. The van der Waals surface area contributed by atoms with Crippen LogP contribution in [0.5, 0.6) is 0 Å². The number of hydrogen-bond donors (Lipinski definition) is 2. The van der Waals surface area contributed by atoms with Crippen LogP contribution in [-0.4, -0.2) is 0 Å². The standard InChI is InChI=1S/C22H12S2/c1-18(2-4-19-6-10-21(11-7-19)14-16-23)3-5-20-8-12-22(13-9-20)15-17-24/h6-13,23-24H,1H2. The molecule has 0 nitrogen and oxygen atoms in total. The van der Waals surface area contributed by atoms with E-state index < -0.39 is 0 Å². The highest BCUT2D eigenvalue weighted by molar-refractivity contribution is 7.85. The molecule has 0 saturated heterocycles. The van der Waals surface area contributed by atoms with Crippen molar-refractivity contribution in [1.82, 2.24) is 0 Å². The molecule has 0 bridgehead atoms. The second-order valence-corrected chi connectivity index (χ2v) is 5.05. The van der Waals surface area contributed by atoms with Crippen molar-refractivity contribution in [3.05, 3.63) is 82.9 Å². The van der Waals surface area contributed by atoms with Crippen molar-refractivity contribution >= 4 is 25.3 Å². The van der Waals surface area contributed by atoms with Crippen LogP contribution >= 0.6 is 25.3 Å². The van der Waals surface area contributed by atoms with Crippen LogP contribution in [0.4, 0.5) is 0 Å². The number of rotatable bonds is 0. The fourth-order valence-corrected chi connectivity index (χ4v) is 1.99. The summed E-state index contributed by atoms with van der Waals surface area (Å²) in [4.78, 5) is 0. The Morgan fingerprint density at radius 3 is 1.17 bits per heavy atom. The highest BCUT2D eigenvalue weighted by Crippen LogP contribution is 2.03. The van der Waals surface area contributed by atoms with E-state index in [-0.39, 0.29) is 0 Å². The molecule has 0 heterocycles. The van der Waals surface area contributed by atoms with Gasteiger partial charge in [-0.25, -0.2) is 0 Å². The Kier molecular flexibility index (Phi) is 6.77. The molecule has 2 heteroatoms. The molecule has 0 amide bonds. The lowest BCUT2D eigenvalue weighted by molar-refractivity contribution is 1.60. The van der Waals surface area contributed by atoms with E-state index in [4.69, 9.17) is 0 Å². The largest absolute Gasteiger partial charge is 0.0918 e. The van der Waals surface area contributed by atoms with Gasteiger partial charge in [-0.3, -0.25) is 0 Å². The third kappa shape index (κ3) is 5.72. The fourth-order valence-electron chi connectivity index (χ4n) is 1.73. The Hall–Kier alpha value is -2.88. The summed E-state index contributed by atoms with van der Waals surface area (Å²) in [5.74, 6) is 17.7. The van der Waals surface area contributed by atoms with Gasteiger partial charge in [0.25, 0.3) is 0 Å². The first-order chi connectivity index (χ1) is 11.7. The quantitative estimate of drug-likeness (QED) is 0.523. The molecule has 0 N–H and O–H groups in total. The first-order valence-corrected chi connectivity index (χ1v) is 7.84. The van der Waals surface area contributed by atoms with E-state index in [1.54, 1.807) is 0 Å². The van der Waals surface area contributed by atoms with Gasteiger partial charge in [0.15, 0.2) is 0 Å². The lowest BCUT2D eigenvalue weighted by Crippen LogP contribution is -1.78. The van der Waals surface area contributed by atoms with Gasteiger partial charge in [0, 0.05) is 22.3 Å². The zero-order chi connectivity index (χ0) is 17.2. The SMILES string of the molecule is C=C(C#Cc1ccc(C#CS)cc1)C#Cc1ccc(C#CS)cc1. The molecule has 0 atom stereocenters. The second-order valence-electron chi connectivity index (χ2n) is 4.61. The van der Waals surface area contributed by atoms with E-state index >= 15 is 0 Å². The van der Waals surface area contributed by atoms with Crippen LogP contribution in [-0.2, 0) is 0 Å². The van der Waals surface area contributed by atoms with Crippen LogP contribution in [0.15, 0.2) is 60.7 Å². The van der Waals surface area contributed by atoms with Crippen LogP contribution in [0.2, 0.25) is 0 Å². The first kappa shape index (κ1) is 17.5. The maximum absolute atomic E-state index is 3.87. The molecule has 2 aromatic carbocycles. The molecule has 2 aromatic rings. The summed E-state index contributed by atoms with van der Waals surface area (Å²) in [6.45, 7) is 3.87. The van der Waals surface area contributed by atoms with E-state index in [2.05, 4.69) is 77.9 Å². The minimum atomic E-state index is 0.563. The Balaban J connectivity index is 2.05. The van der Waals surface area contributed by atoms with Crippen molar-refractivity contribution < 1.29 is 0 Å². The molecule has 0 unspecified atom stereocenters. The normalized spacial score (nSPS) is 8.08. The number of benzene rings is 2. The molecule has 2 rings (SSSR count). The van der Waals surface area contributed by atoms with Gasteiger partial charge >= 0.3 is 0 Å². The molecule has 0 saturated carbocycles. The fraction of sp³-hybridized carbons (Fsp3) is 0. The van der Waals surface area contributed by atoms with Crippen LogP contribution in [0.1, 0.15) is 22.3 Å². The van der Waals surface area contributed by atoms with Crippen molar-refractivity contribution in [3.63, 3.8) is 0 Å². The van der Waals surface area contributed by atoms with Gasteiger partial charge in [-0.15, -0.1) is 0 Å². The molecule has 0 aliphatic heterocycles. The summed E-state index contributed by atoms with van der Waals surface area (Å²) in [6.07, 6.45) is 0. The number of hydrogen-bond acceptors (Lipinski definition) is 2. The molecule has 0 aliphatic carbocycles. The van der Waals surface area contributed by atoms with E-state index in [0.29, 0.717) is 5.57 Å². The van der Waals surface area contributed by atoms with Gasteiger partial charge < -0.3 is 0 Å².